The predicted molar refractivity (Wildman–Crippen MR) is 147 cm³/mol. The molecule has 4 rings (SSSR count). The van der Waals surface area contributed by atoms with Gasteiger partial charge in [-0.1, -0.05) is 23.8 Å². The van der Waals surface area contributed by atoms with Gasteiger partial charge in [-0.25, -0.2) is 4.79 Å². The Kier molecular flexibility index (Phi) is 7.48. The van der Waals surface area contributed by atoms with Gasteiger partial charge in [-0.2, -0.15) is 0 Å². The van der Waals surface area contributed by atoms with Crippen molar-refractivity contribution in [1.82, 2.24) is 0 Å². The summed E-state index contributed by atoms with van der Waals surface area (Å²) in [4.78, 5) is 24.7. The monoisotopic (exact) mass is 497 g/mol. The standard InChI is InChI=1S/C31H31NO5/c1-7-36-31(34)22-9-11-23(12-10-22)32-28(33)15-20(4)25-16-26-27(24-13-8-18(2)14-19(24)3)17-37-30(26)21(5)29(25)35-6/h8-17H,7H2,1-6H3,(H,32,33)/b20-15+. The zero-order valence-electron chi connectivity index (χ0n) is 22.0. The van der Waals surface area contributed by atoms with Crippen LogP contribution in [0.4, 0.5) is 5.69 Å². The van der Waals surface area contributed by atoms with Crippen molar-refractivity contribution in [2.24, 2.45) is 0 Å². The first-order valence-corrected chi connectivity index (χ1v) is 12.2. The Bertz CT molecular complexity index is 1510. The third-order valence-corrected chi connectivity index (χ3v) is 6.36. The molecule has 1 amide bonds. The molecule has 0 aliphatic carbocycles. The normalized spacial score (nSPS) is 11.5. The summed E-state index contributed by atoms with van der Waals surface area (Å²) in [6.45, 7) is 10.1. The number of hydrogen-bond acceptors (Lipinski definition) is 5. The highest BCUT2D eigenvalue weighted by Crippen LogP contribution is 2.41. The van der Waals surface area contributed by atoms with Crippen molar-refractivity contribution < 1.29 is 23.5 Å². The van der Waals surface area contributed by atoms with Crippen LogP contribution in [0.5, 0.6) is 5.75 Å². The fourth-order valence-electron chi connectivity index (χ4n) is 4.55. The molecule has 6 heteroatoms. The van der Waals surface area contributed by atoms with Gasteiger partial charge in [0.2, 0.25) is 5.91 Å². The molecule has 0 fully saturated rings. The van der Waals surface area contributed by atoms with Crippen LogP contribution in [0.15, 0.2) is 65.3 Å². The molecular formula is C31H31NO5. The van der Waals surface area contributed by atoms with Gasteiger partial charge >= 0.3 is 5.97 Å². The van der Waals surface area contributed by atoms with Crippen molar-refractivity contribution in [2.45, 2.75) is 34.6 Å². The summed E-state index contributed by atoms with van der Waals surface area (Å²) in [6, 6.07) is 15.0. The Balaban J connectivity index is 1.67. The van der Waals surface area contributed by atoms with E-state index in [1.807, 2.05) is 19.9 Å². The van der Waals surface area contributed by atoms with Crippen molar-refractivity contribution in [3.8, 4) is 16.9 Å². The van der Waals surface area contributed by atoms with Gasteiger partial charge in [0.05, 0.1) is 25.5 Å². The van der Waals surface area contributed by atoms with Gasteiger partial charge in [-0.3, -0.25) is 4.79 Å². The molecule has 1 aromatic heterocycles. The van der Waals surface area contributed by atoms with Gasteiger partial charge in [0.15, 0.2) is 0 Å². The number of esters is 1. The molecule has 0 unspecified atom stereocenters. The van der Waals surface area contributed by atoms with E-state index in [0.29, 0.717) is 23.6 Å². The smallest absolute Gasteiger partial charge is 0.338 e. The fraction of sp³-hybridized carbons (Fsp3) is 0.226. The second-order valence-electron chi connectivity index (χ2n) is 9.04. The van der Waals surface area contributed by atoms with E-state index >= 15 is 0 Å². The Morgan fingerprint density at radius 3 is 2.38 bits per heavy atom. The van der Waals surface area contributed by atoms with E-state index in [0.717, 1.165) is 38.8 Å². The maximum absolute atomic E-state index is 12.8. The van der Waals surface area contributed by atoms with E-state index in [4.69, 9.17) is 13.9 Å². The number of fused-ring (bicyclic) bond motifs is 1. The number of rotatable bonds is 7. The highest BCUT2D eigenvalue weighted by molar-refractivity contribution is 6.06. The van der Waals surface area contributed by atoms with Crippen LogP contribution < -0.4 is 10.1 Å². The van der Waals surface area contributed by atoms with Gasteiger partial charge in [0, 0.05) is 33.8 Å². The summed E-state index contributed by atoms with van der Waals surface area (Å²) in [5.74, 6) is -0.0224. The Morgan fingerprint density at radius 1 is 1.00 bits per heavy atom. The summed E-state index contributed by atoms with van der Waals surface area (Å²) >= 11 is 0. The van der Waals surface area contributed by atoms with Crippen molar-refractivity contribution >= 4 is 34.1 Å². The van der Waals surface area contributed by atoms with Gasteiger partial charge in [-0.05, 0) is 81.7 Å². The molecule has 37 heavy (non-hydrogen) atoms. The molecule has 1 N–H and O–H groups in total. The number of anilines is 1. The zero-order valence-corrected chi connectivity index (χ0v) is 22.0. The number of aryl methyl sites for hydroxylation is 3. The summed E-state index contributed by atoms with van der Waals surface area (Å²) in [7, 11) is 1.62. The predicted octanol–water partition coefficient (Wildman–Crippen LogP) is 7.25. The number of carbonyl (C=O) groups is 2. The number of allylic oxidation sites excluding steroid dienone is 1. The molecule has 0 saturated heterocycles. The molecule has 0 atom stereocenters. The number of ether oxygens (including phenoxy) is 2. The van der Waals surface area contributed by atoms with Gasteiger partial charge in [-0.15, -0.1) is 0 Å². The lowest BCUT2D eigenvalue weighted by Gasteiger charge is -2.14. The van der Waals surface area contributed by atoms with E-state index < -0.39 is 5.97 Å². The molecule has 0 aliphatic heterocycles. The van der Waals surface area contributed by atoms with Crippen molar-refractivity contribution in [3.05, 3.63) is 88.7 Å². The average Bonchev–Trinajstić information content (AvgIpc) is 3.28. The topological polar surface area (TPSA) is 77.8 Å². The fourth-order valence-corrected chi connectivity index (χ4v) is 4.55. The SMILES string of the molecule is CCOC(=O)c1ccc(NC(=O)/C=C(\C)c2cc3c(-c4ccc(C)cc4C)coc3c(C)c2OC)cc1. The molecule has 190 valence electrons. The average molecular weight is 498 g/mol. The van der Waals surface area contributed by atoms with Gasteiger partial charge in [0.25, 0.3) is 0 Å². The van der Waals surface area contributed by atoms with Crippen LogP contribution in [0.25, 0.3) is 27.7 Å². The summed E-state index contributed by atoms with van der Waals surface area (Å²) < 4.78 is 16.7. The van der Waals surface area contributed by atoms with Crippen LogP contribution in [-0.4, -0.2) is 25.6 Å². The van der Waals surface area contributed by atoms with Crippen molar-refractivity contribution in [3.63, 3.8) is 0 Å². The minimum absolute atomic E-state index is 0.289. The van der Waals surface area contributed by atoms with Crippen LogP contribution in [0.3, 0.4) is 0 Å². The van der Waals surface area contributed by atoms with E-state index in [-0.39, 0.29) is 5.91 Å². The second kappa shape index (κ2) is 10.7. The molecule has 0 radical (unpaired) electrons. The van der Waals surface area contributed by atoms with Gasteiger partial charge in [0.1, 0.15) is 11.3 Å². The van der Waals surface area contributed by atoms with Crippen LogP contribution in [0, 0.1) is 20.8 Å². The lowest BCUT2D eigenvalue weighted by Crippen LogP contribution is -2.09. The number of amides is 1. The summed E-state index contributed by atoms with van der Waals surface area (Å²) in [6.07, 6.45) is 3.32. The first-order chi connectivity index (χ1) is 17.7. The zero-order chi connectivity index (χ0) is 26.7. The second-order valence-corrected chi connectivity index (χ2v) is 9.04. The van der Waals surface area contributed by atoms with E-state index in [9.17, 15) is 9.59 Å². The van der Waals surface area contributed by atoms with Crippen molar-refractivity contribution in [1.29, 1.82) is 0 Å². The molecular weight excluding hydrogens is 466 g/mol. The molecule has 1 heterocycles. The molecule has 0 bridgehead atoms. The lowest BCUT2D eigenvalue weighted by molar-refractivity contribution is -0.111. The minimum atomic E-state index is -0.395. The Hall–Kier alpha value is -4.32. The van der Waals surface area contributed by atoms with Crippen molar-refractivity contribution in [2.75, 3.05) is 19.0 Å². The number of furan rings is 1. The highest BCUT2D eigenvalue weighted by atomic mass is 16.5. The van der Waals surface area contributed by atoms with Crippen LogP contribution in [-0.2, 0) is 9.53 Å². The number of methoxy groups -OCH3 is 1. The molecule has 6 nitrogen and oxygen atoms in total. The van der Waals surface area contributed by atoms with Crippen LogP contribution in [0.2, 0.25) is 0 Å². The quantitative estimate of drug-likeness (QED) is 0.215. The Morgan fingerprint density at radius 2 is 1.73 bits per heavy atom. The maximum atomic E-state index is 12.8. The third kappa shape index (κ3) is 5.28. The maximum Gasteiger partial charge on any atom is 0.338 e. The van der Waals surface area contributed by atoms with E-state index in [1.165, 1.54) is 11.1 Å². The number of nitrogens with one attached hydrogen (secondary N) is 1. The number of carbonyl (C=O) groups excluding carboxylic acids is 2. The van der Waals surface area contributed by atoms with Crippen LogP contribution in [0.1, 0.15) is 46.5 Å². The largest absolute Gasteiger partial charge is 0.496 e. The molecule has 0 saturated carbocycles. The third-order valence-electron chi connectivity index (χ3n) is 6.36. The summed E-state index contributed by atoms with van der Waals surface area (Å²) in [5, 5.41) is 3.81. The van der Waals surface area contributed by atoms with Gasteiger partial charge < -0.3 is 19.2 Å². The minimum Gasteiger partial charge on any atom is -0.496 e. The van der Waals surface area contributed by atoms with Crippen LogP contribution >= 0.6 is 0 Å². The molecule has 3 aromatic carbocycles. The number of benzene rings is 3. The van der Waals surface area contributed by atoms with E-state index in [1.54, 1.807) is 50.6 Å². The molecule has 0 spiro atoms. The lowest BCUT2D eigenvalue weighted by atomic mass is 9.94. The highest BCUT2D eigenvalue weighted by Gasteiger charge is 2.19. The molecule has 4 aromatic rings. The Labute approximate surface area is 216 Å². The number of hydrogen-bond donors (Lipinski definition) is 1. The first kappa shape index (κ1) is 25.8. The first-order valence-electron chi connectivity index (χ1n) is 12.2. The molecule has 0 aliphatic rings. The summed E-state index contributed by atoms with van der Waals surface area (Å²) in [5.41, 5.74) is 8.66. The van der Waals surface area contributed by atoms with E-state index in [2.05, 4.69) is 37.4 Å².